The van der Waals surface area contributed by atoms with Crippen molar-refractivity contribution in [1.82, 2.24) is 20.5 Å². The molecule has 2 aliphatic heterocycles. The highest BCUT2D eigenvalue weighted by Gasteiger charge is 2.43. The molecule has 2 atom stereocenters. The number of fused-ring (bicyclic) bond motifs is 2. The fraction of sp³-hybridized carbons (Fsp3) is 0.346. The minimum Gasteiger partial charge on any atom is -0.494 e. The molecule has 2 aliphatic rings. The predicted octanol–water partition coefficient (Wildman–Crippen LogP) is 4.48. The van der Waals surface area contributed by atoms with Crippen molar-refractivity contribution >= 4 is 62.6 Å². The molecule has 3 N–H and O–H groups in total. The first-order valence-corrected chi connectivity index (χ1v) is 13.3. The normalized spacial score (nSPS) is 19.2. The van der Waals surface area contributed by atoms with E-state index in [4.69, 9.17) is 16.3 Å². The predicted molar refractivity (Wildman–Crippen MR) is 144 cm³/mol. The van der Waals surface area contributed by atoms with Crippen LogP contribution in [0.4, 0.5) is 14.9 Å². The molecule has 204 valence electrons. The number of aromatic nitrogens is 1. The minimum atomic E-state index is -0.941. The van der Waals surface area contributed by atoms with Gasteiger partial charge in [0, 0.05) is 23.7 Å². The molecule has 0 radical (unpaired) electrons. The smallest absolute Gasteiger partial charge is 0.319 e. The SMILES string of the molecule is COc1cc2sc(C(C)(C)NC(=O)Nc3ccc4c(c3)C(C)N(C3CCC(=O)NC3=O)C4=O)nc2c(Cl)c1F. The second-order valence-electron chi connectivity index (χ2n) is 9.93. The monoisotopic (exact) mass is 573 g/mol. The van der Waals surface area contributed by atoms with Crippen LogP contribution in [-0.2, 0) is 15.1 Å². The molecule has 1 fully saturated rings. The molecule has 1 saturated heterocycles. The Hall–Kier alpha value is -3.77. The summed E-state index contributed by atoms with van der Waals surface area (Å²) in [6.07, 6.45) is 0.420. The molecule has 0 saturated carbocycles. The van der Waals surface area contributed by atoms with Gasteiger partial charge in [-0.3, -0.25) is 19.7 Å². The van der Waals surface area contributed by atoms with Gasteiger partial charge < -0.3 is 20.3 Å². The minimum absolute atomic E-state index is 0.00620. The van der Waals surface area contributed by atoms with Gasteiger partial charge in [0.05, 0.1) is 23.4 Å². The molecule has 2 unspecified atom stereocenters. The van der Waals surface area contributed by atoms with Gasteiger partial charge in [-0.25, -0.2) is 14.2 Å². The lowest BCUT2D eigenvalue weighted by atomic mass is 10.0. The first kappa shape index (κ1) is 26.8. The van der Waals surface area contributed by atoms with Gasteiger partial charge in [0.15, 0.2) is 11.6 Å². The van der Waals surface area contributed by atoms with Crippen molar-refractivity contribution in [2.75, 3.05) is 12.4 Å². The van der Waals surface area contributed by atoms with E-state index in [9.17, 15) is 23.6 Å². The summed E-state index contributed by atoms with van der Waals surface area (Å²) in [5.41, 5.74) is 0.892. The summed E-state index contributed by atoms with van der Waals surface area (Å²) in [5, 5.41) is 8.30. The molecule has 0 aliphatic carbocycles. The number of urea groups is 1. The summed E-state index contributed by atoms with van der Waals surface area (Å²) in [7, 11) is 1.35. The van der Waals surface area contributed by atoms with E-state index in [0.717, 1.165) is 0 Å². The van der Waals surface area contributed by atoms with Gasteiger partial charge in [-0.05, 0) is 51.0 Å². The number of imide groups is 1. The summed E-state index contributed by atoms with van der Waals surface area (Å²) in [6, 6.07) is 4.74. The Labute approximate surface area is 231 Å². The van der Waals surface area contributed by atoms with Crippen LogP contribution in [0.5, 0.6) is 5.75 Å². The average Bonchev–Trinajstić information content (AvgIpc) is 3.41. The number of amides is 5. The van der Waals surface area contributed by atoms with Crippen LogP contribution in [0.3, 0.4) is 0 Å². The molecule has 3 heterocycles. The number of hydrogen-bond donors (Lipinski definition) is 3. The third-order valence-corrected chi connectivity index (χ3v) is 8.57. The first-order chi connectivity index (χ1) is 18.4. The van der Waals surface area contributed by atoms with Gasteiger partial charge in [-0.15, -0.1) is 11.3 Å². The van der Waals surface area contributed by atoms with Crippen molar-refractivity contribution in [3.05, 3.63) is 51.2 Å². The number of benzene rings is 2. The highest BCUT2D eigenvalue weighted by atomic mass is 35.5. The zero-order valence-electron chi connectivity index (χ0n) is 21.5. The zero-order chi connectivity index (χ0) is 28.2. The van der Waals surface area contributed by atoms with Crippen molar-refractivity contribution < 1.29 is 28.3 Å². The van der Waals surface area contributed by atoms with Gasteiger partial charge in [0.25, 0.3) is 5.91 Å². The molecule has 0 bridgehead atoms. The number of nitrogens with one attached hydrogen (secondary N) is 3. The summed E-state index contributed by atoms with van der Waals surface area (Å²) >= 11 is 7.41. The van der Waals surface area contributed by atoms with Crippen LogP contribution in [0.25, 0.3) is 10.2 Å². The molecule has 13 heteroatoms. The van der Waals surface area contributed by atoms with Crippen LogP contribution in [0.2, 0.25) is 5.02 Å². The van der Waals surface area contributed by atoms with Crippen LogP contribution < -0.4 is 20.7 Å². The first-order valence-electron chi connectivity index (χ1n) is 12.1. The van der Waals surface area contributed by atoms with Gasteiger partial charge in [0.2, 0.25) is 11.8 Å². The van der Waals surface area contributed by atoms with Gasteiger partial charge in [0.1, 0.15) is 21.6 Å². The molecule has 5 rings (SSSR count). The van der Waals surface area contributed by atoms with Crippen LogP contribution in [0.15, 0.2) is 24.3 Å². The molecular formula is C26H25ClFN5O5S. The lowest BCUT2D eigenvalue weighted by Crippen LogP contribution is -2.53. The molecule has 1 aromatic heterocycles. The van der Waals surface area contributed by atoms with Crippen molar-refractivity contribution in [1.29, 1.82) is 0 Å². The van der Waals surface area contributed by atoms with E-state index in [1.165, 1.54) is 29.4 Å². The molecular weight excluding hydrogens is 549 g/mol. The number of thiazole rings is 1. The Morgan fingerprint density at radius 1 is 1.28 bits per heavy atom. The summed E-state index contributed by atoms with van der Waals surface area (Å²) in [4.78, 5) is 55.9. The van der Waals surface area contributed by atoms with E-state index in [-0.39, 0.29) is 40.9 Å². The largest absolute Gasteiger partial charge is 0.494 e. The number of piperidine rings is 1. The maximum absolute atomic E-state index is 14.4. The Morgan fingerprint density at radius 2 is 2.03 bits per heavy atom. The van der Waals surface area contributed by atoms with Crippen LogP contribution in [0.1, 0.15) is 60.6 Å². The fourth-order valence-corrected chi connectivity index (χ4v) is 6.26. The molecule has 2 aromatic carbocycles. The Kier molecular flexibility index (Phi) is 6.71. The Bertz CT molecular complexity index is 1560. The molecule has 5 amide bonds. The molecule has 10 nitrogen and oxygen atoms in total. The quantitative estimate of drug-likeness (QED) is 0.386. The topological polar surface area (TPSA) is 130 Å². The Morgan fingerprint density at radius 3 is 2.72 bits per heavy atom. The zero-order valence-corrected chi connectivity index (χ0v) is 23.1. The summed E-state index contributed by atoms with van der Waals surface area (Å²) in [6.45, 7) is 5.32. The molecule has 0 spiro atoms. The van der Waals surface area contributed by atoms with Crippen LogP contribution in [0, 0.1) is 5.82 Å². The number of methoxy groups -OCH3 is 1. The fourth-order valence-electron chi connectivity index (χ4n) is 4.90. The standard InChI is InChI=1S/C26H25ClFN5O5S/c1-11-14-9-12(5-6-13(14)23(36)33(11)15-7-8-18(34)30-22(15)35)29-25(37)32-26(2,3)24-31-21-17(39-24)10-16(38-4)20(28)19(21)27/h5-6,9-11,15H,7-8H2,1-4H3,(H2,29,32,37)(H,30,34,35). The van der Waals surface area contributed by atoms with Crippen molar-refractivity contribution in [2.45, 2.75) is 51.2 Å². The van der Waals surface area contributed by atoms with Crippen molar-refractivity contribution in [3.8, 4) is 5.75 Å². The number of carbonyl (C=O) groups excluding carboxylic acids is 4. The van der Waals surface area contributed by atoms with Crippen LogP contribution in [-0.4, -0.2) is 46.8 Å². The van der Waals surface area contributed by atoms with E-state index in [1.807, 2.05) is 0 Å². The van der Waals surface area contributed by atoms with Crippen molar-refractivity contribution in [2.24, 2.45) is 0 Å². The van der Waals surface area contributed by atoms with Gasteiger partial charge >= 0.3 is 6.03 Å². The molecule has 39 heavy (non-hydrogen) atoms. The second kappa shape index (κ2) is 9.76. The third-order valence-electron chi connectivity index (χ3n) is 6.90. The number of ether oxygens (including phenoxy) is 1. The summed E-state index contributed by atoms with van der Waals surface area (Å²) < 4.78 is 20.0. The van der Waals surface area contributed by atoms with E-state index in [0.29, 0.717) is 26.5 Å². The number of carbonyl (C=O) groups is 4. The van der Waals surface area contributed by atoms with E-state index in [1.54, 1.807) is 39.0 Å². The van der Waals surface area contributed by atoms with E-state index >= 15 is 0 Å². The lowest BCUT2D eigenvalue weighted by Gasteiger charge is -2.32. The lowest BCUT2D eigenvalue weighted by molar-refractivity contribution is -0.137. The number of rotatable bonds is 5. The van der Waals surface area contributed by atoms with Crippen LogP contribution >= 0.6 is 22.9 Å². The number of halogens is 2. The maximum atomic E-state index is 14.4. The second-order valence-corrected chi connectivity index (χ2v) is 11.3. The van der Waals surface area contributed by atoms with Gasteiger partial charge in [-0.2, -0.15) is 0 Å². The number of nitrogens with zero attached hydrogens (tertiary/aromatic N) is 2. The number of anilines is 1. The summed E-state index contributed by atoms with van der Waals surface area (Å²) in [5.74, 6) is -1.84. The highest BCUT2D eigenvalue weighted by molar-refractivity contribution is 7.18. The average molecular weight is 574 g/mol. The number of hydrogen-bond acceptors (Lipinski definition) is 7. The molecule has 3 aromatic rings. The highest BCUT2D eigenvalue weighted by Crippen LogP contribution is 2.40. The van der Waals surface area contributed by atoms with E-state index < -0.39 is 35.4 Å². The van der Waals surface area contributed by atoms with Gasteiger partial charge in [-0.1, -0.05) is 11.6 Å². The Balaban J connectivity index is 1.32. The van der Waals surface area contributed by atoms with E-state index in [2.05, 4.69) is 20.9 Å². The van der Waals surface area contributed by atoms with Crippen molar-refractivity contribution in [3.63, 3.8) is 0 Å². The maximum Gasteiger partial charge on any atom is 0.319 e. The third kappa shape index (κ3) is 4.67.